The van der Waals surface area contributed by atoms with Crippen molar-refractivity contribution in [1.29, 1.82) is 0 Å². The summed E-state index contributed by atoms with van der Waals surface area (Å²) < 4.78 is 34.8. The highest BCUT2D eigenvalue weighted by Gasteiger charge is 2.25. The van der Waals surface area contributed by atoms with E-state index < -0.39 is 18.8 Å². The van der Waals surface area contributed by atoms with Crippen molar-refractivity contribution in [2.75, 3.05) is 12.3 Å². The van der Waals surface area contributed by atoms with Crippen LogP contribution in [0, 0.1) is 0 Å². The molecule has 4 aromatic rings. The number of nitrogens with two attached hydrogens (primary N) is 1. The van der Waals surface area contributed by atoms with E-state index in [1.807, 2.05) is 0 Å². The molecule has 4 heterocycles. The molecular formula is C14H12F2N6O3. The minimum Gasteiger partial charge on any atom is -0.463 e. The summed E-state index contributed by atoms with van der Waals surface area (Å²) in [5.41, 5.74) is 5.06. The van der Waals surface area contributed by atoms with E-state index in [9.17, 15) is 13.6 Å². The maximum absolute atomic E-state index is 13.5. The summed E-state index contributed by atoms with van der Waals surface area (Å²) in [6.45, 7) is -3.71. The van der Waals surface area contributed by atoms with Crippen LogP contribution in [0.25, 0.3) is 28.3 Å². The number of aliphatic hydroxyl groups is 1. The Hall–Kier alpha value is -3.21. The van der Waals surface area contributed by atoms with Crippen molar-refractivity contribution < 1.29 is 18.3 Å². The van der Waals surface area contributed by atoms with Gasteiger partial charge in [-0.1, -0.05) is 0 Å². The fraction of sp³-hybridized carbons (Fsp3) is 0.214. The smallest absolute Gasteiger partial charge is 0.335 e. The lowest BCUT2D eigenvalue weighted by Gasteiger charge is -2.03. The number of halogens is 2. The van der Waals surface area contributed by atoms with Crippen LogP contribution < -0.4 is 11.4 Å². The molecule has 0 unspecified atom stereocenters. The summed E-state index contributed by atoms with van der Waals surface area (Å²) in [6.07, 6.45) is 2.93. The Morgan fingerprint density at radius 3 is 2.76 bits per heavy atom. The summed E-state index contributed by atoms with van der Waals surface area (Å²) in [5, 5.41) is 9.11. The predicted molar refractivity (Wildman–Crippen MR) is 83.2 cm³/mol. The average molecular weight is 350 g/mol. The van der Waals surface area contributed by atoms with Crippen molar-refractivity contribution in [2.24, 2.45) is 0 Å². The molecule has 25 heavy (non-hydrogen) atoms. The van der Waals surface area contributed by atoms with Crippen molar-refractivity contribution in [3.8, 4) is 11.5 Å². The number of anilines is 1. The van der Waals surface area contributed by atoms with Gasteiger partial charge in [0.2, 0.25) is 5.95 Å². The summed E-state index contributed by atoms with van der Waals surface area (Å²) in [5.74, 6) is 0.378. The molecule has 0 saturated heterocycles. The van der Waals surface area contributed by atoms with Crippen molar-refractivity contribution in [1.82, 2.24) is 23.5 Å². The van der Waals surface area contributed by atoms with Gasteiger partial charge in [-0.2, -0.15) is 13.8 Å². The highest BCUT2D eigenvalue weighted by Crippen LogP contribution is 2.27. The van der Waals surface area contributed by atoms with Crippen LogP contribution in [0.5, 0.6) is 0 Å². The zero-order chi connectivity index (χ0) is 17.7. The highest BCUT2D eigenvalue weighted by molar-refractivity contribution is 5.89. The Labute approximate surface area is 137 Å². The molecule has 0 bridgehead atoms. The maximum Gasteiger partial charge on any atom is 0.335 e. The number of aliphatic hydroxyl groups excluding tert-OH is 1. The number of hydrogen-bond donors (Lipinski definition) is 2. The number of hydrogen-bond acceptors (Lipinski definition) is 6. The molecule has 0 aliphatic heterocycles. The molecule has 0 spiro atoms. The minimum absolute atomic E-state index is 0.0362. The maximum atomic E-state index is 13.5. The summed E-state index contributed by atoms with van der Waals surface area (Å²) in [4.78, 5) is 20.6. The van der Waals surface area contributed by atoms with Crippen LogP contribution in [0.4, 0.5) is 14.7 Å². The molecule has 0 atom stereocenters. The lowest BCUT2D eigenvalue weighted by atomic mass is 10.4. The lowest BCUT2D eigenvalue weighted by Crippen LogP contribution is -2.26. The van der Waals surface area contributed by atoms with Crippen LogP contribution in [-0.2, 0) is 6.54 Å². The molecular weight excluding hydrogens is 338 g/mol. The SMILES string of the molecule is Nc1nc2c(c3nc(-c4ccco4)cn13)n(C(F)F)c(=O)n2CCO. The molecule has 0 aromatic carbocycles. The minimum atomic E-state index is -3.10. The molecule has 0 amide bonds. The van der Waals surface area contributed by atoms with E-state index in [2.05, 4.69) is 9.97 Å². The number of rotatable bonds is 4. The van der Waals surface area contributed by atoms with E-state index in [0.29, 0.717) is 11.5 Å². The van der Waals surface area contributed by atoms with Gasteiger partial charge in [-0.3, -0.25) is 8.97 Å². The Morgan fingerprint density at radius 2 is 2.12 bits per heavy atom. The molecule has 130 valence electrons. The topological polar surface area (TPSA) is 117 Å². The molecule has 0 fully saturated rings. The molecule has 4 rings (SSSR count). The Balaban J connectivity index is 2.15. The number of furan rings is 1. The number of nitrogen functional groups attached to an aromatic ring is 1. The van der Waals surface area contributed by atoms with Gasteiger partial charge >= 0.3 is 12.2 Å². The van der Waals surface area contributed by atoms with E-state index in [1.54, 1.807) is 12.1 Å². The standard InChI is InChI=1S/C14H12F2N6O3/c15-12(16)22-9-10-18-7(8-2-1-5-25-8)6-21(10)13(17)19-11(9)20(3-4-23)14(22)24/h1-2,5-6,12,23H,3-4H2,(H2,17,19). The van der Waals surface area contributed by atoms with Gasteiger partial charge in [-0.25, -0.2) is 14.3 Å². The van der Waals surface area contributed by atoms with E-state index in [-0.39, 0.29) is 33.9 Å². The van der Waals surface area contributed by atoms with Crippen molar-refractivity contribution in [2.45, 2.75) is 13.1 Å². The molecule has 4 aromatic heterocycles. The van der Waals surface area contributed by atoms with Crippen LogP contribution in [0.15, 0.2) is 33.8 Å². The normalized spacial score (nSPS) is 12.0. The third-order valence-corrected chi connectivity index (χ3v) is 3.82. The van der Waals surface area contributed by atoms with Gasteiger partial charge in [0.25, 0.3) is 0 Å². The fourth-order valence-corrected chi connectivity index (χ4v) is 2.78. The second kappa shape index (κ2) is 5.41. The Morgan fingerprint density at radius 1 is 1.32 bits per heavy atom. The number of fused-ring (bicyclic) bond motifs is 3. The zero-order valence-corrected chi connectivity index (χ0v) is 12.6. The predicted octanol–water partition coefficient (Wildman–Crippen LogP) is 1.08. The van der Waals surface area contributed by atoms with Crippen LogP contribution >= 0.6 is 0 Å². The van der Waals surface area contributed by atoms with Crippen LogP contribution in [0.1, 0.15) is 6.55 Å². The molecule has 9 nitrogen and oxygen atoms in total. The van der Waals surface area contributed by atoms with Gasteiger partial charge in [0.05, 0.1) is 19.4 Å². The number of aromatic nitrogens is 5. The quantitative estimate of drug-likeness (QED) is 0.569. The van der Waals surface area contributed by atoms with Gasteiger partial charge in [0.1, 0.15) is 11.2 Å². The second-order valence-corrected chi connectivity index (χ2v) is 5.24. The summed E-state index contributed by atoms with van der Waals surface area (Å²) >= 11 is 0. The summed E-state index contributed by atoms with van der Waals surface area (Å²) in [7, 11) is 0. The van der Waals surface area contributed by atoms with Gasteiger partial charge in [-0.15, -0.1) is 0 Å². The van der Waals surface area contributed by atoms with Crippen LogP contribution in [-0.4, -0.2) is 35.2 Å². The average Bonchev–Trinajstić information content (AvgIpc) is 3.27. The lowest BCUT2D eigenvalue weighted by molar-refractivity contribution is 0.0701. The van der Waals surface area contributed by atoms with Gasteiger partial charge in [-0.05, 0) is 12.1 Å². The molecule has 0 aliphatic rings. The van der Waals surface area contributed by atoms with Gasteiger partial charge < -0.3 is 15.3 Å². The zero-order valence-electron chi connectivity index (χ0n) is 12.6. The Bertz CT molecular complexity index is 1130. The molecule has 0 radical (unpaired) electrons. The van der Waals surface area contributed by atoms with Crippen LogP contribution in [0.3, 0.4) is 0 Å². The molecule has 11 heteroatoms. The third kappa shape index (κ3) is 2.12. The third-order valence-electron chi connectivity index (χ3n) is 3.82. The first-order valence-corrected chi connectivity index (χ1v) is 7.25. The second-order valence-electron chi connectivity index (χ2n) is 5.24. The first kappa shape index (κ1) is 15.3. The first-order valence-electron chi connectivity index (χ1n) is 7.25. The van der Waals surface area contributed by atoms with E-state index in [4.69, 9.17) is 15.3 Å². The molecule has 3 N–H and O–H groups in total. The van der Waals surface area contributed by atoms with Gasteiger partial charge in [0.15, 0.2) is 17.1 Å². The highest BCUT2D eigenvalue weighted by atomic mass is 19.3. The fourth-order valence-electron chi connectivity index (χ4n) is 2.78. The monoisotopic (exact) mass is 350 g/mol. The van der Waals surface area contributed by atoms with E-state index in [0.717, 1.165) is 4.57 Å². The largest absolute Gasteiger partial charge is 0.463 e. The number of alkyl halides is 2. The first-order chi connectivity index (χ1) is 12.0. The molecule has 0 saturated carbocycles. The van der Waals surface area contributed by atoms with Crippen LogP contribution in [0.2, 0.25) is 0 Å². The van der Waals surface area contributed by atoms with E-state index in [1.165, 1.54) is 16.9 Å². The number of imidazole rings is 2. The van der Waals surface area contributed by atoms with Gasteiger partial charge in [0, 0.05) is 6.20 Å². The molecule has 0 aliphatic carbocycles. The van der Waals surface area contributed by atoms with Crippen molar-refractivity contribution in [3.05, 3.63) is 35.1 Å². The number of nitrogens with zero attached hydrogens (tertiary/aromatic N) is 5. The Kier molecular flexibility index (Phi) is 3.32. The van der Waals surface area contributed by atoms with Crippen molar-refractivity contribution >= 4 is 22.8 Å². The van der Waals surface area contributed by atoms with Crippen molar-refractivity contribution in [3.63, 3.8) is 0 Å². The van der Waals surface area contributed by atoms with E-state index >= 15 is 0 Å². The summed E-state index contributed by atoms with van der Waals surface area (Å²) in [6, 6.07) is 3.31.